The first-order valence-corrected chi connectivity index (χ1v) is 6.11. The van der Waals surface area contributed by atoms with Crippen LogP contribution in [0.4, 0.5) is 0 Å². The highest BCUT2D eigenvalue weighted by Crippen LogP contribution is 2.19. The average Bonchev–Trinajstić information content (AvgIpc) is 2.34. The molecule has 1 atom stereocenters. The molecular formula is C13H17ClO2. The van der Waals surface area contributed by atoms with Gasteiger partial charge in [-0.2, -0.15) is 0 Å². The fraction of sp³-hybridized carbons (Fsp3) is 0.462. The maximum Gasteiger partial charge on any atom is 0.306 e. The van der Waals surface area contributed by atoms with E-state index in [-0.39, 0.29) is 12.1 Å². The van der Waals surface area contributed by atoms with Gasteiger partial charge in [-0.25, -0.2) is 0 Å². The van der Waals surface area contributed by atoms with E-state index >= 15 is 0 Å². The number of alkyl halides is 1. The Hall–Kier alpha value is -1.02. The Labute approximate surface area is 102 Å². The first-order valence-electron chi connectivity index (χ1n) is 5.58. The van der Waals surface area contributed by atoms with Crippen molar-refractivity contribution < 1.29 is 9.53 Å². The second-order valence-electron chi connectivity index (χ2n) is 3.65. The Morgan fingerprint density at radius 1 is 1.38 bits per heavy atom. The van der Waals surface area contributed by atoms with Crippen molar-refractivity contribution in [3.05, 3.63) is 35.9 Å². The van der Waals surface area contributed by atoms with Crippen LogP contribution >= 0.6 is 11.6 Å². The van der Waals surface area contributed by atoms with Gasteiger partial charge in [0.25, 0.3) is 0 Å². The largest absolute Gasteiger partial charge is 0.456 e. The van der Waals surface area contributed by atoms with E-state index in [9.17, 15) is 4.79 Å². The van der Waals surface area contributed by atoms with E-state index < -0.39 is 0 Å². The molecule has 0 spiro atoms. The minimum atomic E-state index is -0.327. The summed E-state index contributed by atoms with van der Waals surface area (Å²) < 4.78 is 5.32. The summed E-state index contributed by atoms with van der Waals surface area (Å²) in [6.45, 7) is 2.05. The topological polar surface area (TPSA) is 26.3 Å². The molecule has 0 heterocycles. The quantitative estimate of drug-likeness (QED) is 0.560. The number of carbonyl (C=O) groups excluding carboxylic acids is 1. The van der Waals surface area contributed by atoms with Crippen LogP contribution in [-0.4, -0.2) is 11.8 Å². The highest BCUT2D eigenvalue weighted by atomic mass is 35.5. The third kappa shape index (κ3) is 4.23. The Kier molecular flexibility index (Phi) is 5.94. The number of esters is 1. The van der Waals surface area contributed by atoms with Gasteiger partial charge in [0.2, 0.25) is 0 Å². The normalized spacial score (nSPS) is 12.1. The van der Waals surface area contributed by atoms with Gasteiger partial charge in [0, 0.05) is 6.42 Å². The SMILES string of the molecule is CCCCC(=O)OC(CCl)c1ccccc1. The van der Waals surface area contributed by atoms with Crippen molar-refractivity contribution in [2.45, 2.75) is 32.3 Å². The van der Waals surface area contributed by atoms with Crippen LogP contribution in [0.5, 0.6) is 0 Å². The Bertz CT molecular complexity index is 311. The summed E-state index contributed by atoms with van der Waals surface area (Å²) >= 11 is 5.80. The molecule has 0 aliphatic rings. The Morgan fingerprint density at radius 2 is 2.06 bits per heavy atom. The second-order valence-corrected chi connectivity index (χ2v) is 3.96. The number of rotatable bonds is 6. The van der Waals surface area contributed by atoms with Gasteiger partial charge in [0.1, 0.15) is 6.10 Å². The Balaban J connectivity index is 2.52. The van der Waals surface area contributed by atoms with E-state index in [1.165, 1.54) is 0 Å². The van der Waals surface area contributed by atoms with Gasteiger partial charge >= 0.3 is 5.97 Å². The summed E-state index contributed by atoms with van der Waals surface area (Å²) in [6.07, 6.45) is 2.00. The van der Waals surface area contributed by atoms with Gasteiger partial charge in [0.05, 0.1) is 5.88 Å². The minimum absolute atomic E-state index is 0.170. The number of hydrogen-bond donors (Lipinski definition) is 0. The first kappa shape index (κ1) is 13.0. The maximum absolute atomic E-state index is 11.5. The van der Waals surface area contributed by atoms with Crippen molar-refractivity contribution in [1.29, 1.82) is 0 Å². The third-order valence-electron chi connectivity index (χ3n) is 2.32. The molecule has 16 heavy (non-hydrogen) atoms. The summed E-state index contributed by atoms with van der Waals surface area (Å²) in [7, 11) is 0. The lowest BCUT2D eigenvalue weighted by molar-refractivity contribution is -0.148. The molecule has 2 nitrogen and oxygen atoms in total. The number of hydrogen-bond acceptors (Lipinski definition) is 2. The highest BCUT2D eigenvalue weighted by Gasteiger charge is 2.14. The van der Waals surface area contributed by atoms with E-state index in [4.69, 9.17) is 16.3 Å². The van der Waals surface area contributed by atoms with Crippen molar-refractivity contribution in [2.75, 3.05) is 5.88 Å². The summed E-state index contributed by atoms with van der Waals surface area (Å²) in [4.78, 5) is 11.5. The van der Waals surface area contributed by atoms with Crippen LogP contribution < -0.4 is 0 Å². The Morgan fingerprint density at radius 3 is 2.62 bits per heavy atom. The standard InChI is InChI=1S/C13H17ClO2/c1-2-3-9-13(15)16-12(10-14)11-7-5-4-6-8-11/h4-8,12H,2-3,9-10H2,1H3. The summed E-state index contributed by atoms with van der Waals surface area (Å²) in [5.41, 5.74) is 0.947. The van der Waals surface area contributed by atoms with Gasteiger partial charge in [-0.1, -0.05) is 43.7 Å². The highest BCUT2D eigenvalue weighted by molar-refractivity contribution is 6.18. The molecule has 0 amide bonds. The van der Waals surface area contributed by atoms with Crippen molar-refractivity contribution >= 4 is 17.6 Å². The van der Waals surface area contributed by atoms with Crippen molar-refractivity contribution in [3.8, 4) is 0 Å². The minimum Gasteiger partial charge on any atom is -0.456 e. The first-order chi connectivity index (χ1) is 7.77. The van der Waals surface area contributed by atoms with Gasteiger partial charge in [-0.15, -0.1) is 11.6 Å². The van der Waals surface area contributed by atoms with E-state index in [1.807, 2.05) is 37.3 Å². The number of halogens is 1. The van der Waals surface area contributed by atoms with Crippen LogP contribution in [0.3, 0.4) is 0 Å². The fourth-order valence-corrected chi connectivity index (χ4v) is 1.64. The van der Waals surface area contributed by atoms with Gasteiger partial charge in [0.15, 0.2) is 0 Å². The lowest BCUT2D eigenvalue weighted by Crippen LogP contribution is -2.12. The van der Waals surface area contributed by atoms with Gasteiger partial charge in [-0.05, 0) is 12.0 Å². The number of unbranched alkanes of at least 4 members (excludes halogenated alkanes) is 1. The van der Waals surface area contributed by atoms with Crippen LogP contribution in [0.25, 0.3) is 0 Å². The zero-order chi connectivity index (χ0) is 11.8. The molecule has 0 bridgehead atoms. The molecule has 0 fully saturated rings. The molecule has 1 aromatic rings. The van der Waals surface area contributed by atoms with Crippen LogP contribution in [0.2, 0.25) is 0 Å². The summed E-state index contributed by atoms with van der Waals surface area (Å²) in [5, 5.41) is 0. The molecule has 1 unspecified atom stereocenters. The predicted molar refractivity (Wildman–Crippen MR) is 65.5 cm³/mol. The smallest absolute Gasteiger partial charge is 0.306 e. The fourth-order valence-electron chi connectivity index (χ4n) is 1.40. The van der Waals surface area contributed by atoms with Crippen LogP contribution in [0, 0.1) is 0 Å². The molecule has 0 saturated heterocycles. The van der Waals surface area contributed by atoms with E-state index in [0.29, 0.717) is 12.3 Å². The van der Waals surface area contributed by atoms with Gasteiger partial charge < -0.3 is 4.74 Å². The van der Waals surface area contributed by atoms with E-state index in [2.05, 4.69) is 0 Å². The number of benzene rings is 1. The molecule has 0 aliphatic heterocycles. The lowest BCUT2D eigenvalue weighted by atomic mass is 10.1. The van der Waals surface area contributed by atoms with E-state index in [0.717, 1.165) is 18.4 Å². The van der Waals surface area contributed by atoms with Gasteiger partial charge in [-0.3, -0.25) is 4.79 Å². The molecule has 0 radical (unpaired) electrons. The lowest BCUT2D eigenvalue weighted by Gasteiger charge is -2.15. The summed E-state index contributed by atoms with van der Waals surface area (Å²) in [6, 6.07) is 9.58. The van der Waals surface area contributed by atoms with Crippen LogP contribution in [-0.2, 0) is 9.53 Å². The summed E-state index contributed by atoms with van der Waals surface area (Å²) in [5.74, 6) is 0.123. The second kappa shape index (κ2) is 7.29. The molecule has 0 N–H and O–H groups in total. The van der Waals surface area contributed by atoms with Crippen LogP contribution in [0.15, 0.2) is 30.3 Å². The molecule has 0 aromatic heterocycles. The number of carbonyl (C=O) groups is 1. The van der Waals surface area contributed by atoms with Crippen molar-refractivity contribution in [2.24, 2.45) is 0 Å². The van der Waals surface area contributed by atoms with Crippen molar-refractivity contribution in [3.63, 3.8) is 0 Å². The van der Waals surface area contributed by atoms with Crippen molar-refractivity contribution in [1.82, 2.24) is 0 Å². The molecular weight excluding hydrogens is 224 g/mol. The molecule has 3 heteroatoms. The predicted octanol–water partition coefficient (Wildman–Crippen LogP) is 3.70. The van der Waals surface area contributed by atoms with Crippen LogP contribution in [0.1, 0.15) is 37.9 Å². The monoisotopic (exact) mass is 240 g/mol. The molecule has 1 rings (SSSR count). The molecule has 1 aromatic carbocycles. The molecule has 0 saturated carbocycles. The van der Waals surface area contributed by atoms with E-state index in [1.54, 1.807) is 0 Å². The maximum atomic E-state index is 11.5. The average molecular weight is 241 g/mol. The molecule has 0 aliphatic carbocycles. The number of ether oxygens (including phenoxy) is 1. The zero-order valence-electron chi connectivity index (χ0n) is 9.49. The zero-order valence-corrected chi connectivity index (χ0v) is 10.2. The molecule has 88 valence electrons. The third-order valence-corrected chi connectivity index (χ3v) is 2.60.